The molecule has 132 valence electrons. The molecule has 0 atom stereocenters. The van der Waals surface area contributed by atoms with E-state index >= 15 is 0 Å². The van der Waals surface area contributed by atoms with Crippen LogP contribution in [0.5, 0.6) is 0 Å². The van der Waals surface area contributed by atoms with Gasteiger partial charge in [0, 0.05) is 18.4 Å². The van der Waals surface area contributed by atoms with Crippen LogP contribution in [0.3, 0.4) is 0 Å². The largest absolute Gasteiger partial charge is 0.467 e. The van der Waals surface area contributed by atoms with Crippen molar-refractivity contribution >= 4 is 22.7 Å². The maximum Gasteiger partial charge on any atom is 0.225 e. The summed E-state index contributed by atoms with van der Waals surface area (Å²) in [5.41, 5.74) is 0.890. The molecular weight excluding hydrogens is 328 g/mol. The first kappa shape index (κ1) is 16.2. The van der Waals surface area contributed by atoms with Gasteiger partial charge in [0.15, 0.2) is 0 Å². The Balaban J connectivity index is 1.50. The summed E-state index contributed by atoms with van der Waals surface area (Å²) < 4.78 is 11.0. The van der Waals surface area contributed by atoms with E-state index in [0.717, 1.165) is 40.4 Å². The van der Waals surface area contributed by atoms with Crippen molar-refractivity contribution in [2.24, 2.45) is 0 Å². The highest BCUT2D eigenvalue weighted by molar-refractivity contribution is 5.89. The van der Waals surface area contributed by atoms with Gasteiger partial charge in [0.2, 0.25) is 5.95 Å². The zero-order valence-corrected chi connectivity index (χ0v) is 14.5. The molecule has 6 nitrogen and oxygen atoms in total. The molecule has 1 aromatic carbocycles. The minimum atomic E-state index is 0.569. The Morgan fingerprint density at radius 2 is 1.85 bits per heavy atom. The van der Waals surface area contributed by atoms with Gasteiger partial charge >= 0.3 is 0 Å². The fourth-order valence-electron chi connectivity index (χ4n) is 2.79. The van der Waals surface area contributed by atoms with Crippen molar-refractivity contribution in [3.8, 4) is 0 Å². The van der Waals surface area contributed by atoms with E-state index in [1.807, 2.05) is 55.5 Å². The van der Waals surface area contributed by atoms with Gasteiger partial charge in [-0.3, -0.25) is 0 Å². The Hall–Kier alpha value is -3.28. The number of nitrogens with zero attached hydrogens (tertiary/aromatic N) is 2. The van der Waals surface area contributed by atoms with E-state index in [9.17, 15) is 0 Å². The molecule has 0 fully saturated rings. The molecule has 26 heavy (non-hydrogen) atoms. The SMILES string of the molecule is Cc1ccc(CCNc2nc(NCc3ccco3)c3ccccc3n2)o1. The summed E-state index contributed by atoms with van der Waals surface area (Å²) in [4.78, 5) is 9.23. The quantitative estimate of drug-likeness (QED) is 0.516. The first-order valence-corrected chi connectivity index (χ1v) is 8.60. The first-order chi connectivity index (χ1) is 12.8. The van der Waals surface area contributed by atoms with E-state index in [-0.39, 0.29) is 0 Å². The number of hydrogen-bond donors (Lipinski definition) is 2. The van der Waals surface area contributed by atoms with Crippen LogP contribution in [0.15, 0.2) is 63.6 Å². The van der Waals surface area contributed by atoms with E-state index < -0.39 is 0 Å². The summed E-state index contributed by atoms with van der Waals surface area (Å²) in [5.74, 6) is 4.10. The van der Waals surface area contributed by atoms with Crippen molar-refractivity contribution < 1.29 is 8.83 Å². The van der Waals surface area contributed by atoms with Gasteiger partial charge in [-0.2, -0.15) is 4.98 Å². The second-order valence-electron chi connectivity index (χ2n) is 6.04. The number of furan rings is 2. The lowest BCUT2D eigenvalue weighted by atomic mass is 10.2. The van der Waals surface area contributed by atoms with Crippen LogP contribution in [0.4, 0.5) is 11.8 Å². The number of nitrogens with one attached hydrogen (secondary N) is 2. The maximum absolute atomic E-state index is 5.59. The number of benzene rings is 1. The molecule has 0 aliphatic heterocycles. The molecule has 0 amide bonds. The third-order valence-corrected chi connectivity index (χ3v) is 4.06. The van der Waals surface area contributed by atoms with Crippen LogP contribution in [0.1, 0.15) is 17.3 Å². The van der Waals surface area contributed by atoms with Crippen molar-refractivity contribution in [1.82, 2.24) is 9.97 Å². The highest BCUT2D eigenvalue weighted by Crippen LogP contribution is 2.22. The van der Waals surface area contributed by atoms with Gasteiger partial charge < -0.3 is 19.5 Å². The normalized spacial score (nSPS) is 11.0. The summed E-state index contributed by atoms with van der Waals surface area (Å²) in [6.07, 6.45) is 2.44. The van der Waals surface area contributed by atoms with Gasteiger partial charge in [-0.05, 0) is 43.3 Å². The van der Waals surface area contributed by atoms with Crippen LogP contribution in [0, 0.1) is 6.92 Å². The van der Waals surface area contributed by atoms with Gasteiger partial charge in [0.05, 0.1) is 18.3 Å². The monoisotopic (exact) mass is 348 g/mol. The molecule has 0 spiro atoms. The van der Waals surface area contributed by atoms with Crippen LogP contribution >= 0.6 is 0 Å². The fourth-order valence-corrected chi connectivity index (χ4v) is 2.79. The molecular formula is C20H20N4O2. The number of anilines is 2. The molecule has 3 heterocycles. The second kappa shape index (κ2) is 7.31. The Bertz CT molecular complexity index is 992. The minimum absolute atomic E-state index is 0.569. The Morgan fingerprint density at radius 1 is 0.923 bits per heavy atom. The van der Waals surface area contributed by atoms with Gasteiger partial charge in [0.1, 0.15) is 23.1 Å². The lowest BCUT2D eigenvalue weighted by Crippen LogP contribution is -2.10. The van der Waals surface area contributed by atoms with Crippen LogP contribution < -0.4 is 10.6 Å². The summed E-state index contributed by atoms with van der Waals surface area (Å²) in [6, 6.07) is 15.7. The van der Waals surface area contributed by atoms with E-state index in [1.54, 1.807) is 6.26 Å². The summed E-state index contributed by atoms with van der Waals surface area (Å²) in [5, 5.41) is 7.60. The lowest BCUT2D eigenvalue weighted by Gasteiger charge is -2.11. The number of rotatable bonds is 7. The van der Waals surface area contributed by atoms with Crippen molar-refractivity contribution in [2.45, 2.75) is 19.9 Å². The predicted molar refractivity (Wildman–Crippen MR) is 101 cm³/mol. The van der Waals surface area contributed by atoms with E-state index in [0.29, 0.717) is 19.0 Å². The van der Waals surface area contributed by atoms with Gasteiger partial charge in [-0.15, -0.1) is 0 Å². The van der Waals surface area contributed by atoms with Crippen LogP contribution in [-0.2, 0) is 13.0 Å². The number of aromatic nitrogens is 2. The average Bonchev–Trinajstić information content (AvgIpc) is 3.31. The first-order valence-electron chi connectivity index (χ1n) is 8.60. The van der Waals surface area contributed by atoms with Crippen LogP contribution in [0.25, 0.3) is 10.9 Å². The van der Waals surface area contributed by atoms with E-state index in [2.05, 4.69) is 20.6 Å². The number of para-hydroxylation sites is 1. The smallest absolute Gasteiger partial charge is 0.225 e. The molecule has 0 aliphatic carbocycles. The predicted octanol–water partition coefficient (Wildman–Crippen LogP) is 4.39. The van der Waals surface area contributed by atoms with Gasteiger partial charge in [0.25, 0.3) is 0 Å². The molecule has 0 unspecified atom stereocenters. The van der Waals surface area contributed by atoms with Gasteiger partial charge in [-0.1, -0.05) is 12.1 Å². The van der Waals surface area contributed by atoms with E-state index in [1.165, 1.54) is 0 Å². The highest BCUT2D eigenvalue weighted by Gasteiger charge is 2.08. The zero-order chi connectivity index (χ0) is 17.8. The minimum Gasteiger partial charge on any atom is -0.467 e. The van der Waals surface area contributed by atoms with Crippen molar-refractivity contribution in [1.29, 1.82) is 0 Å². The summed E-state index contributed by atoms with van der Waals surface area (Å²) in [6.45, 7) is 3.21. The van der Waals surface area contributed by atoms with Crippen LogP contribution in [0.2, 0.25) is 0 Å². The fraction of sp³-hybridized carbons (Fsp3) is 0.200. The molecule has 0 saturated heterocycles. The zero-order valence-electron chi connectivity index (χ0n) is 14.5. The van der Waals surface area contributed by atoms with Crippen molar-refractivity contribution in [2.75, 3.05) is 17.2 Å². The Morgan fingerprint density at radius 3 is 2.65 bits per heavy atom. The third kappa shape index (κ3) is 3.69. The van der Waals surface area contributed by atoms with Crippen LogP contribution in [-0.4, -0.2) is 16.5 Å². The van der Waals surface area contributed by atoms with Crippen molar-refractivity contribution in [3.63, 3.8) is 0 Å². The highest BCUT2D eigenvalue weighted by atomic mass is 16.3. The standard InChI is InChI=1S/C20H20N4O2/c1-14-8-9-15(26-14)10-11-21-20-23-18-7-3-2-6-17(18)19(24-20)22-13-16-5-4-12-25-16/h2-9,12H,10-11,13H2,1H3,(H2,21,22,23,24). The molecule has 3 aromatic heterocycles. The third-order valence-electron chi connectivity index (χ3n) is 4.06. The topological polar surface area (TPSA) is 76.1 Å². The molecule has 2 N–H and O–H groups in total. The second-order valence-corrected chi connectivity index (χ2v) is 6.04. The van der Waals surface area contributed by atoms with E-state index in [4.69, 9.17) is 8.83 Å². The molecule has 4 aromatic rings. The molecule has 0 aliphatic rings. The number of hydrogen-bond acceptors (Lipinski definition) is 6. The lowest BCUT2D eigenvalue weighted by molar-refractivity contribution is 0.486. The summed E-state index contributed by atoms with van der Waals surface area (Å²) in [7, 11) is 0. The average molecular weight is 348 g/mol. The van der Waals surface area contributed by atoms with Crippen molar-refractivity contribution in [3.05, 3.63) is 72.1 Å². The Kier molecular flexibility index (Phi) is 4.55. The van der Waals surface area contributed by atoms with Gasteiger partial charge in [-0.25, -0.2) is 4.98 Å². The maximum atomic E-state index is 5.59. The number of aryl methyl sites for hydroxylation is 1. The molecule has 6 heteroatoms. The molecule has 4 rings (SSSR count). The molecule has 0 bridgehead atoms. The molecule has 0 radical (unpaired) electrons. The molecule has 0 saturated carbocycles. The Labute approximate surface area is 151 Å². The number of fused-ring (bicyclic) bond motifs is 1. The summed E-state index contributed by atoms with van der Waals surface area (Å²) >= 11 is 0.